The van der Waals surface area contributed by atoms with Crippen molar-refractivity contribution in [3.63, 3.8) is 0 Å². The van der Waals surface area contributed by atoms with Crippen molar-refractivity contribution >= 4 is 17.7 Å². The van der Waals surface area contributed by atoms with Gasteiger partial charge in [-0.05, 0) is 37.8 Å². The molecule has 7 heteroatoms. The lowest BCUT2D eigenvalue weighted by atomic mass is 9.93. The molecular formula is C14H19N3O4. The van der Waals surface area contributed by atoms with Crippen LogP contribution in [0.3, 0.4) is 0 Å². The molecule has 3 N–H and O–H groups in total. The summed E-state index contributed by atoms with van der Waals surface area (Å²) in [6, 6.07) is 2.59. The van der Waals surface area contributed by atoms with Crippen LogP contribution in [0.2, 0.25) is 0 Å². The minimum atomic E-state index is -1.10. The number of pyridine rings is 1. The van der Waals surface area contributed by atoms with E-state index in [-0.39, 0.29) is 17.8 Å². The predicted molar refractivity (Wildman–Crippen MR) is 76.4 cm³/mol. The van der Waals surface area contributed by atoms with Gasteiger partial charge in [-0.3, -0.25) is 0 Å². The zero-order chi connectivity index (χ0) is 15.2. The van der Waals surface area contributed by atoms with Gasteiger partial charge < -0.3 is 20.5 Å². The molecule has 114 valence electrons. The summed E-state index contributed by atoms with van der Waals surface area (Å²) in [5.41, 5.74) is 0.396. The molecule has 2 rings (SSSR count). The minimum Gasteiger partial charge on any atom is -0.477 e. The Bertz CT molecular complexity index is 497. The molecule has 0 aliphatic carbocycles. The first-order chi connectivity index (χ1) is 10.1. The summed E-state index contributed by atoms with van der Waals surface area (Å²) in [6.07, 6.45) is 3.20. The van der Waals surface area contributed by atoms with Crippen molar-refractivity contribution in [3.05, 3.63) is 24.0 Å². The maximum Gasteiger partial charge on any atom is 0.354 e. The van der Waals surface area contributed by atoms with Gasteiger partial charge in [0, 0.05) is 19.3 Å². The number of carbonyl (C=O) groups is 2. The molecule has 1 aromatic heterocycles. The number of carboxylic acid groups (broad SMARTS) is 1. The standard InChI is InChI=1S/C14H19N3O4/c1-9(10-4-6-21-7-5-10)16-14(20)17-11-2-3-12(13(18)19)15-8-11/h2-3,8-10H,4-7H2,1H3,(H,18,19)(H2,16,17,20). The van der Waals surface area contributed by atoms with Crippen LogP contribution in [0.1, 0.15) is 30.3 Å². The van der Waals surface area contributed by atoms with Gasteiger partial charge >= 0.3 is 12.0 Å². The van der Waals surface area contributed by atoms with Crippen molar-refractivity contribution in [1.82, 2.24) is 10.3 Å². The van der Waals surface area contributed by atoms with Crippen molar-refractivity contribution < 1.29 is 19.4 Å². The molecule has 1 atom stereocenters. The molecule has 1 aliphatic rings. The number of aromatic nitrogens is 1. The van der Waals surface area contributed by atoms with Crippen LogP contribution >= 0.6 is 0 Å². The molecule has 0 saturated carbocycles. The molecule has 21 heavy (non-hydrogen) atoms. The quantitative estimate of drug-likeness (QED) is 0.784. The SMILES string of the molecule is CC(NC(=O)Nc1ccc(C(=O)O)nc1)C1CCOCC1. The van der Waals surface area contributed by atoms with E-state index in [9.17, 15) is 9.59 Å². The third-order valence-corrected chi connectivity index (χ3v) is 3.57. The lowest BCUT2D eigenvalue weighted by Crippen LogP contribution is -2.42. The maximum absolute atomic E-state index is 11.9. The molecule has 1 saturated heterocycles. The number of hydrogen-bond donors (Lipinski definition) is 3. The van der Waals surface area contributed by atoms with Crippen molar-refractivity contribution in [1.29, 1.82) is 0 Å². The molecule has 0 radical (unpaired) electrons. The van der Waals surface area contributed by atoms with Gasteiger partial charge in [0.1, 0.15) is 5.69 Å². The number of carboxylic acids is 1. The summed E-state index contributed by atoms with van der Waals surface area (Å²) in [6.45, 7) is 3.44. The van der Waals surface area contributed by atoms with E-state index in [4.69, 9.17) is 9.84 Å². The molecule has 1 aliphatic heterocycles. The Morgan fingerprint density at radius 2 is 2.10 bits per heavy atom. The summed E-state index contributed by atoms with van der Waals surface area (Å²) < 4.78 is 5.30. The zero-order valence-corrected chi connectivity index (χ0v) is 11.8. The Morgan fingerprint density at radius 1 is 1.38 bits per heavy atom. The highest BCUT2D eigenvalue weighted by Crippen LogP contribution is 2.18. The number of carbonyl (C=O) groups excluding carboxylic acids is 1. The first-order valence-electron chi connectivity index (χ1n) is 6.91. The fourth-order valence-corrected chi connectivity index (χ4v) is 2.30. The van der Waals surface area contributed by atoms with Crippen LogP contribution in [0.5, 0.6) is 0 Å². The van der Waals surface area contributed by atoms with Crippen LogP contribution in [-0.4, -0.2) is 41.3 Å². The van der Waals surface area contributed by atoms with E-state index in [1.54, 1.807) is 0 Å². The van der Waals surface area contributed by atoms with Crippen molar-refractivity contribution in [3.8, 4) is 0 Å². The highest BCUT2D eigenvalue weighted by atomic mass is 16.5. The molecule has 2 heterocycles. The largest absolute Gasteiger partial charge is 0.477 e. The van der Waals surface area contributed by atoms with Crippen LogP contribution in [0.15, 0.2) is 18.3 Å². The number of rotatable bonds is 4. The summed E-state index contributed by atoms with van der Waals surface area (Å²) in [7, 11) is 0. The van der Waals surface area contributed by atoms with E-state index >= 15 is 0 Å². The monoisotopic (exact) mass is 293 g/mol. The van der Waals surface area contributed by atoms with Gasteiger partial charge in [0.05, 0.1) is 11.9 Å². The molecular weight excluding hydrogens is 274 g/mol. The van der Waals surface area contributed by atoms with Gasteiger partial charge in [0.25, 0.3) is 0 Å². The second-order valence-electron chi connectivity index (χ2n) is 5.07. The average molecular weight is 293 g/mol. The fraction of sp³-hybridized carbons (Fsp3) is 0.500. The Balaban J connectivity index is 1.84. The maximum atomic E-state index is 11.9. The normalized spacial score (nSPS) is 17.0. The van der Waals surface area contributed by atoms with Gasteiger partial charge in [0.2, 0.25) is 0 Å². The van der Waals surface area contributed by atoms with Crippen LogP contribution in [0.4, 0.5) is 10.5 Å². The summed E-state index contributed by atoms with van der Waals surface area (Å²) in [4.78, 5) is 26.3. The molecule has 0 aromatic carbocycles. The lowest BCUT2D eigenvalue weighted by molar-refractivity contribution is 0.0573. The van der Waals surface area contributed by atoms with E-state index in [0.29, 0.717) is 11.6 Å². The van der Waals surface area contributed by atoms with Gasteiger partial charge in [-0.25, -0.2) is 14.6 Å². The lowest BCUT2D eigenvalue weighted by Gasteiger charge is -2.28. The van der Waals surface area contributed by atoms with Crippen molar-refractivity contribution in [2.45, 2.75) is 25.8 Å². The second-order valence-corrected chi connectivity index (χ2v) is 5.07. The summed E-state index contributed by atoms with van der Waals surface area (Å²) >= 11 is 0. The smallest absolute Gasteiger partial charge is 0.354 e. The molecule has 2 amide bonds. The Kier molecular flexibility index (Phi) is 5.10. The molecule has 0 bridgehead atoms. The number of anilines is 1. The van der Waals surface area contributed by atoms with Crippen molar-refractivity contribution in [2.24, 2.45) is 5.92 Å². The van der Waals surface area contributed by atoms with Crippen molar-refractivity contribution in [2.75, 3.05) is 18.5 Å². The number of nitrogens with zero attached hydrogens (tertiary/aromatic N) is 1. The second kappa shape index (κ2) is 7.03. The Morgan fingerprint density at radius 3 is 2.67 bits per heavy atom. The average Bonchev–Trinajstić information content (AvgIpc) is 2.48. The summed E-state index contributed by atoms with van der Waals surface area (Å²) in [5, 5.41) is 14.3. The highest BCUT2D eigenvalue weighted by molar-refractivity contribution is 5.90. The van der Waals surface area contributed by atoms with Crippen LogP contribution in [0, 0.1) is 5.92 Å². The van der Waals surface area contributed by atoms with E-state index < -0.39 is 5.97 Å². The van der Waals surface area contributed by atoms with Crippen LogP contribution in [-0.2, 0) is 4.74 Å². The Hall–Kier alpha value is -2.15. The molecule has 1 unspecified atom stereocenters. The third-order valence-electron chi connectivity index (χ3n) is 3.57. The van der Waals surface area contributed by atoms with Gasteiger partial charge in [0.15, 0.2) is 0 Å². The van der Waals surface area contributed by atoms with Gasteiger partial charge in [-0.1, -0.05) is 0 Å². The molecule has 7 nitrogen and oxygen atoms in total. The number of amides is 2. The van der Waals surface area contributed by atoms with E-state index in [2.05, 4.69) is 15.6 Å². The first kappa shape index (κ1) is 15.2. The van der Waals surface area contributed by atoms with Gasteiger partial charge in [-0.2, -0.15) is 0 Å². The minimum absolute atomic E-state index is 0.0557. The predicted octanol–water partition coefficient (Wildman–Crippen LogP) is 1.72. The van der Waals surface area contributed by atoms with Crippen LogP contribution in [0.25, 0.3) is 0 Å². The topological polar surface area (TPSA) is 101 Å². The third kappa shape index (κ3) is 4.42. The fourth-order valence-electron chi connectivity index (χ4n) is 2.30. The number of hydrogen-bond acceptors (Lipinski definition) is 4. The summed E-state index contributed by atoms with van der Waals surface area (Å²) in [5.74, 6) is -0.684. The van der Waals surface area contributed by atoms with Gasteiger partial charge in [-0.15, -0.1) is 0 Å². The number of aromatic carboxylic acids is 1. The van der Waals surface area contributed by atoms with E-state index in [1.807, 2.05) is 6.92 Å². The molecule has 0 spiro atoms. The number of urea groups is 1. The number of nitrogens with one attached hydrogen (secondary N) is 2. The first-order valence-corrected chi connectivity index (χ1v) is 6.91. The molecule has 1 fully saturated rings. The Labute approximate surface area is 122 Å². The van der Waals surface area contributed by atoms with E-state index in [0.717, 1.165) is 26.1 Å². The van der Waals surface area contributed by atoms with Crippen LogP contribution < -0.4 is 10.6 Å². The number of ether oxygens (including phenoxy) is 1. The highest BCUT2D eigenvalue weighted by Gasteiger charge is 2.21. The van der Waals surface area contributed by atoms with E-state index in [1.165, 1.54) is 18.3 Å². The zero-order valence-electron chi connectivity index (χ0n) is 11.8. The molecule has 1 aromatic rings.